The average Bonchev–Trinajstić information content (AvgIpc) is 2.46. The van der Waals surface area contributed by atoms with Crippen LogP contribution in [0, 0.1) is 36.5 Å². The molecule has 0 bridgehead atoms. The number of hydrogen-bond acceptors (Lipinski definition) is 4. The second-order valence-electron chi connectivity index (χ2n) is 4.36. The van der Waals surface area contributed by atoms with Crippen molar-refractivity contribution in [1.29, 1.82) is 10.5 Å². The van der Waals surface area contributed by atoms with Gasteiger partial charge in [-0.15, -0.1) is 0 Å². The highest BCUT2D eigenvalue weighted by molar-refractivity contribution is 5.78. The zero-order valence-electron chi connectivity index (χ0n) is 11.6. The van der Waals surface area contributed by atoms with E-state index in [0.717, 1.165) is 11.3 Å². The number of aromatic nitrogens is 1. The third kappa shape index (κ3) is 2.20. The van der Waals surface area contributed by atoms with Crippen LogP contribution in [0.2, 0.25) is 0 Å². The van der Waals surface area contributed by atoms with E-state index >= 15 is 0 Å². The van der Waals surface area contributed by atoms with E-state index in [-0.39, 0.29) is 0 Å². The van der Waals surface area contributed by atoms with Crippen molar-refractivity contribution in [3.05, 3.63) is 46.8 Å². The first-order valence-electron chi connectivity index (χ1n) is 6.08. The Balaban J connectivity index is 2.77. The summed E-state index contributed by atoms with van der Waals surface area (Å²) in [4.78, 5) is 4.27. The lowest BCUT2D eigenvalue weighted by atomic mass is 9.94. The number of methoxy groups -OCH3 is 1. The Morgan fingerprint density at radius 2 is 1.45 bits per heavy atom. The maximum Gasteiger partial charge on any atom is 0.118 e. The molecular weight excluding hydrogens is 250 g/mol. The maximum absolute atomic E-state index is 9.35. The van der Waals surface area contributed by atoms with Crippen LogP contribution in [-0.4, -0.2) is 12.1 Å². The number of rotatable bonds is 2. The van der Waals surface area contributed by atoms with Crippen LogP contribution in [0.25, 0.3) is 11.1 Å². The molecular formula is C16H13N3O. The fourth-order valence-corrected chi connectivity index (χ4v) is 2.17. The number of benzene rings is 1. The molecule has 1 heterocycles. The van der Waals surface area contributed by atoms with E-state index in [0.29, 0.717) is 28.1 Å². The minimum atomic E-state index is 0.442. The van der Waals surface area contributed by atoms with Gasteiger partial charge < -0.3 is 4.74 Å². The Morgan fingerprint density at radius 3 is 1.85 bits per heavy atom. The Bertz CT molecular complexity index is 696. The van der Waals surface area contributed by atoms with Crippen LogP contribution >= 0.6 is 0 Å². The summed E-state index contributed by atoms with van der Waals surface area (Å²) < 4.78 is 5.12. The zero-order chi connectivity index (χ0) is 14.7. The van der Waals surface area contributed by atoms with Gasteiger partial charge in [0.1, 0.15) is 17.9 Å². The van der Waals surface area contributed by atoms with E-state index in [4.69, 9.17) is 4.74 Å². The molecule has 0 spiro atoms. The molecule has 0 atom stereocenters. The van der Waals surface area contributed by atoms with Crippen molar-refractivity contribution in [2.45, 2.75) is 13.8 Å². The summed E-state index contributed by atoms with van der Waals surface area (Å²) in [5, 5.41) is 18.7. The minimum absolute atomic E-state index is 0.442. The number of nitrogens with zero attached hydrogens (tertiary/aromatic N) is 3. The predicted octanol–water partition coefficient (Wildman–Crippen LogP) is 3.12. The summed E-state index contributed by atoms with van der Waals surface area (Å²) in [6.07, 6.45) is 0. The number of aryl methyl sites for hydroxylation is 2. The third-order valence-electron chi connectivity index (χ3n) is 3.16. The van der Waals surface area contributed by atoms with Gasteiger partial charge in [-0.25, -0.2) is 0 Å². The van der Waals surface area contributed by atoms with Crippen molar-refractivity contribution in [2.75, 3.05) is 7.11 Å². The first-order chi connectivity index (χ1) is 9.62. The van der Waals surface area contributed by atoms with Crippen LogP contribution in [-0.2, 0) is 0 Å². The topological polar surface area (TPSA) is 69.7 Å². The normalized spacial score (nSPS) is 9.65. The largest absolute Gasteiger partial charge is 0.497 e. The lowest BCUT2D eigenvalue weighted by molar-refractivity contribution is 0.415. The second-order valence-corrected chi connectivity index (χ2v) is 4.36. The van der Waals surface area contributed by atoms with Crippen molar-refractivity contribution < 1.29 is 4.74 Å². The standard InChI is InChI=1S/C16H13N3O/c1-10-14(8-17)16(15(9-18)11(2)19-10)12-4-6-13(20-3)7-5-12/h4-7H,1-3H3. The highest BCUT2D eigenvalue weighted by Gasteiger charge is 2.17. The molecule has 0 saturated carbocycles. The van der Waals surface area contributed by atoms with Gasteiger partial charge in [0.25, 0.3) is 0 Å². The van der Waals surface area contributed by atoms with Crippen molar-refractivity contribution in [1.82, 2.24) is 4.98 Å². The molecule has 0 unspecified atom stereocenters. The Hall–Kier alpha value is -2.85. The Labute approximate surface area is 117 Å². The summed E-state index contributed by atoms with van der Waals surface area (Å²) in [5.41, 5.74) is 3.61. The quantitative estimate of drug-likeness (QED) is 0.834. The molecule has 1 aromatic carbocycles. The molecule has 0 aliphatic rings. The Kier molecular flexibility index (Phi) is 3.68. The summed E-state index contributed by atoms with van der Waals surface area (Å²) in [7, 11) is 1.59. The maximum atomic E-state index is 9.35. The van der Waals surface area contributed by atoms with Gasteiger partial charge in [0.05, 0.1) is 29.6 Å². The molecule has 0 aliphatic heterocycles. The molecule has 2 aromatic rings. The molecule has 0 saturated heterocycles. The molecule has 1 aromatic heterocycles. The monoisotopic (exact) mass is 263 g/mol. The fraction of sp³-hybridized carbons (Fsp3) is 0.188. The van der Waals surface area contributed by atoms with Gasteiger partial charge in [0.15, 0.2) is 0 Å². The molecule has 2 rings (SSSR count). The minimum Gasteiger partial charge on any atom is -0.497 e. The van der Waals surface area contributed by atoms with E-state index in [1.807, 2.05) is 24.3 Å². The number of nitriles is 2. The average molecular weight is 263 g/mol. The lowest BCUT2D eigenvalue weighted by Crippen LogP contribution is -2.00. The van der Waals surface area contributed by atoms with Gasteiger partial charge in [0.2, 0.25) is 0 Å². The summed E-state index contributed by atoms with van der Waals surface area (Å²) in [5.74, 6) is 0.730. The highest BCUT2D eigenvalue weighted by Crippen LogP contribution is 2.31. The van der Waals surface area contributed by atoms with Gasteiger partial charge in [-0.2, -0.15) is 10.5 Å². The summed E-state index contributed by atoms with van der Waals surface area (Å²) >= 11 is 0. The van der Waals surface area contributed by atoms with Crippen molar-refractivity contribution in [3.63, 3.8) is 0 Å². The molecule has 0 fully saturated rings. The van der Waals surface area contributed by atoms with Crippen LogP contribution in [0.15, 0.2) is 24.3 Å². The molecule has 4 heteroatoms. The summed E-state index contributed by atoms with van der Waals surface area (Å²) in [6.45, 7) is 3.56. The highest BCUT2D eigenvalue weighted by atomic mass is 16.5. The predicted molar refractivity (Wildman–Crippen MR) is 75.1 cm³/mol. The van der Waals surface area contributed by atoms with Crippen LogP contribution in [0.1, 0.15) is 22.5 Å². The third-order valence-corrected chi connectivity index (χ3v) is 3.16. The molecule has 0 amide bonds. The zero-order valence-corrected chi connectivity index (χ0v) is 11.6. The molecule has 4 nitrogen and oxygen atoms in total. The molecule has 20 heavy (non-hydrogen) atoms. The van der Waals surface area contributed by atoms with E-state index in [2.05, 4.69) is 17.1 Å². The van der Waals surface area contributed by atoms with Crippen molar-refractivity contribution in [2.24, 2.45) is 0 Å². The van der Waals surface area contributed by atoms with Crippen LogP contribution in [0.5, 0.6) is 5.75 Å². The van der Waals surface area contributed by atoms with E-state index in [9.17, 15) is 10.5 Å². The van der Waals surface area contributed by atoms with Gasteiger partial charge in [-0.1, -0.05) is 12.1 Å². The van der Waals surface area contributed by atoms with Gasteiger partial charge in [-0.05, 0) is 31.5 Å². The van der Waals surface area contributed by atoms with Crippen LogP contribution < -0.4 is 4.74 Å². The van der Waals surface area contributed by atoms with Crippen LogP contribution in [0.4, 0.5) is 0 Å². The molecule has 0 aliphatic carbocycles. The lowest BCUT2D eigenvalue weighted by Gasteiger charge is -2.11. The van der Waals surface area contributed by atoms with Gasteiger partial charge in [-0.3, -0.25) is 4.98 Å². The molecule has 0 N–H and O–H groups in total. The van der Waals surface area contributed by atoms with Crippen LogP contribution in [0.3, 0.4) is 0 Å². The first-order valence-corrected chi connectivity index (χ1v) is 6.08. The molecule has 0 radical (unpaired) electrons. The van der Waals surface area contributed by atoms with Gasteiger partial charge in [0, 0.05) is 5.56 Å². The van der Waals surface area contributed by atoms with E-state index in [1.54, 1.807) is 21.0 Å². The molecule has 98 valence electrons. The van der Waals surface area contributed by atoms with Crippen molar-refractivity contribution >= 4 is 0 Å². The summed E-state index contributed by atoms with van der Waals surface area (Å²) in [6, 6.07) is 11.6. The smallest absolute Gasteiger partial charge is 0.118 e. The SMILES string of the molecule is COc1ccc(-c2c(C#N)c(C)nc(C)c2C#N)cc1. The number of pyridine rings is 1. The van der Waals surface area contributed by atoms with Gasteiger partial charge >= 0.3 is 0 Å². The fourth-order valence-electron chi connectivity index (χ4n) is 2.17. The first kappa shape index (κ1) is 13.6. The van der Waals surface area contributed by atoms with E-state index in [1.165, 1.54) is 0 Å². The number of ether oxygens (including phenoxy) is 1. The second kappa shape index (κ2) is 5.42. The Morgan fingerprint density at radius 1 is 0.950 bits per heavy atom. The van der Waals surface area contributed by atoms with E-state index < -0.39 is 0 Å². The number of hydrogen-bond donors (Lipinski definition) is 0. The van der Waals surface area contributed by atoms with Crippen molar-refractivity contribution in [3.8, 4) is 29.0 Å².